The van der Waals surface area contributed by atoms with Crippen molar-refractivity contribution in [3.8, 4) is 0 Å². The highest BCUT2D eigenvalue weighted by Gasteiger charge is 2.61. The van der Waals surface area contributed by atoms with E-state index in [1.54, 1.807) is 12.5 Å². The first-order valence-corrected chi connectivity index (χ1v) is 11.1. The number of likely N-dealkylation sites (tertiary alicyclic amines) is 2. The number of piperidine rings is 1. The van der Waals surface area contributed by atoms with E-state index in [0.717, 1.165) is 19.3 Å². The second kappa shape index (κ2) is 7.28. The number of fused-ring (bicyclic) bond motifs is 1. The van der Waals surface area contributed by atoms with Gasteiger partial charge >= 0.3 is 0 Å². The van der Waals surface area contributed by atoms with E-state index in [1.807, 2.05) is 10.8 Å². The van der Waals surface area contributed by atoms with Crippen LogP contribution in [0.4, 0.5) is 0 Å². The highest BCUT2D eigenvalue weighted by Crippen LogP contribution is 2.55. The summed E-state index contributed by atoms with van der Waals surface area (Å²) in [6.07, 6.45) is 12.5. The maximum atomic E-state index is 13.6. The van der Waals surface area contributed by atoms with E-state index in [4.69, 9.17) is 0 Å². The van der Waals surface area contributed by atoms with Gasteiger partial charge in [-0.1, -0.05) is 50.1 Å². The zero-order chi connectivity index (χ0) is 20.0. The van der Waals surface area contributed by atoms with Crippen molar-refractivity contribution in [2.24, 2.45) is 5.41 Å². The molecular weight excluding hydrogens is 360 g/mol. The summed E-state index contributed by atoms with van der Waals surface area (Å²) in [5, 5.41) is 0. The highest BCUT2D eigenvalue weighted by molar-refractivity contribution is 5.77. The minimum absolute atomic E-state index is 0.202. The summed E-state index contributed by atoms with van der Waals surface area (Å²) >= 11 is 0. The second-order valence-electron chi connectivity index (χ2n) is 9.55. The fourth-order valence-corrected chi connectivity index (χ4v) is 6.67. The number of likely N-dealkylation sites (N-methyl/N-ethyl adjacent to an activating group) is 1. The van der Waals surface area contributed by atoms with E-state index in [9.17, 15) is 4.79 Å². The van der Waals surface area contributed by atoms with Crippen molar-refractivity contribution < 1.29 is 4.79 Å². The summed E-state index contributed by atoms with van der Waals surface area (Å²) in [4.78, 5) is 22.7. The molecule has 3 fully saturated rings. The number of benzene rings is 1. The van der Waals surface area contributed by atoms with Gasteiger partial charge in [0.15, 0.2) is 0 Å². The Morgan fingerprint density at radius 1 is 1.17 bits per heavy atom. The van der Waals surface area contributed by atoms with Gasteiger partial charge in [-0.2, -0.15) is 0 Å². The number of hydrogen-bond acceptors (Lipinski definition) is 3. The molecule has 5 atom stereocenters. The number of rotatable bonds is 4. The normalized spacial score (nSPS) is 34.2. The lowest BCUT2D eigenvalue weighted by molar-refractivity contribution is -0.136. The van der Waals surface area contributed by atoms with Crippen LogP contribution in [0.5, 0.6) is 0 Å². The molecule has 0 radical (unpaired) electrons. The van der Waals surface area contributed by atoms with Crippen molar-refractivity contribution in [2.45, 2.75) is 76.2 Å². The van der Waals surface area contributed by atoms with Gasteiger partial charge in [0.25, 0.3) is 0 Å². The van der Waals surface area contributed by atoms with Crippen LogP contribution < -0.4 is 0 Å². The van der Waals surface area contributed by atoms with Crippen LogP contribution in [-0.2, 0) is 17.8 Å². The van der Waals surface area contributed by atoms with Gasteiger partial charge < -0.3 is 9.47 Å². The van der Waals surface area contributed by atoms with Gasteiger partial charge in [0.1, 0.15) is 6.54 Å². The summed E-state index contributed by atoms with van der Waals surface area (Å²) < 4.78 is 1.91. The lowest BCUT2D eigenvalue weighted by Crippen LogP contribution is -2.58. The number of carbonyl (C=O) groups is 1. The summed E-state index contributed by atoms with van der Waals surface area (Å²) in [5.74, 6) is 0.260. The molecule has 5 rings (SSSR count). The van der Waals surface area contributed by atoms with Crippen molar-refractivity contribution >= 4 is 5.91 Å². The molecular formula is C24H32N4O. The molecule has 1 amide bonds. The Hall–Kier alpha value is -2.14. The molecule has 3 heterocycles. The first-order chi connectivity index (χ1) is 14.1. The molecule has 2 saturated heterocycles. The molecule has 5 nitrogen and oxygen atoms in total. The highest BCUT2D eigenvalue weighted by atomic mass is 16.2. The molecule has 154 valence electrons. The van der Waals surface area contributed by atoms with Crippen LogP contribution in [-0.4, -0.2) is 56.5 Å². The molecule has 1 aromatic heterocycles. The van der Waals surface area contributed by atoms with Crippen molar-refractivity contribution in [1.82, 2.24) is 19.4 Å². The maximum Gasteiger partial charge on any atom is 0.243 e. The summed E-state index contributed by atoms with van der Waals surface area (Å²) in [6.45, 7) is 2.86. The summed E-state index contributed by atoms with van der Waals surface area (Å²) in [6, 6.07) is 12.4. The van der Waals surface area contributed by atoms with Crippen LogP contribution in [0.2, 0.25) is 0 Å². The Labute approximate surface area is 173 Å². The van der Waals surface area contributed by atoms with Crippen LogP contribution in [0, 0.1) is 5.41 Å². The third-order valence-corrected chi connectivity index (χ3v) is 7.98. The molecule has 1 aliphatic carbocycles. The van der Waals surface area contributed by atoms with Crippen LogP contribution in [0.25, 0.3) is 0 Å². The number of amides is 1. The molecule has 29 heavy (non-hydrogen) atoms. The number of nitrogens with zero attached hydrogens (tertiary/aromatic N) is 4. The summed E-state index contributed by atoms with van der Waals surface area (Å²) in [7, 11) is 2.31. The van der Waals surface area contributed by atoms with E-state index in [1.165, 1.54) is 24.8 Å². The Morgan fingerprint density at radius 2 is 1.93 bits per heavy atom. The third-order valence-electron chi connectivity index (χ3n) is 7.98. The predicted molar refractivity (Wildman–Crippen MR) is 113 cm³/mol. The lowest BCUT2D eigenvalue weighted by atomic mass is 9.69. The van der Waals surface area contributed by atoms with E-state index in [-0.39, 0.29) is 11.3 Å². The van der Waals surface area contributed by atoms with Crippen LogP contribution >= 0.6 is 0 Å². The van der Waals surface area contributed by atoms with E-state index in [2.05, 4.69) is 59.1 Å². The maximum absolute atomic E-state index is 13.6. The SMILES string of the molecule is CN1[C@H](Cc2ccccc2)[C@@H]2C[C@@]3(C)[C@H](CCCC[C@@H]13)N2C(=O)Cn1ccnc1. The Kier molecular flexibility index (Phi) is 4.73. The molecule has 1 aromatic carbocycles. The fraction of sp³-hybridized carbons (Fsp3) is 0.583. The largest absolute Gasteiger partial charge is 0.333 e. The molecule has 5 heteroatoms. The van der Waals surface area contributed by atoms with Crippen molar-refractivity contribution in [1.29, 1.82) is 0 Å². The smallest absolute Gasteiger partial charge is 0.243 e. The van der Waals surface area contributed by atoms with Crippen LogP contribution in [0.3, 0.4) is 0 Å². The standard InChI is InChI=1S/C24H32N4O/c1-24-15-20-19(14-18-8-4-3-5-9-18)26(2)21(24)10-6-7-11-22(24)28(20)23(29)16-27-13-12-25-17-27/h3-5,8-9,12-13,17,19-22H,6-7,10-11,14-16H2,1-2H3/t19-,20+,21-,22+,24-/m1/s1. The molecule has 3 aliphatic rings. The van der Waals surface area contributed by atoms with Crippen molar-refractivity contribution in [2.75, 3.05) is 7.05 Å². The zero-order valence-corrected chi connectivity index (χ0v) is 17.6. The lowest BCUT2D eigenvalue weighted by Gasteiger charge is -2.49. The first-order valence-electron chi connectivity index (χ1n) is 11.1. The average Bonchev–Trinajstić information content (AvgIpc) is 3.27. The minimum Gasteiger partial charge on any atom is -0.333 e. The Morgan fingerprint density at radius 3 is 2.66 bits per heavy atom. The number of aromatic nitrogens is 2. The van der Waals surface area contributed by atoms with Gasteiger partial charge in [-0.05, 0) is 38.3 Å². The molecule has 2 bridgehead atoms. The zero-order valence-electron chi connectivity index (χ0n) is 17.6. The van der Waals surface area contributed by atoms with Gasteiger partial charge in [-0.3, -0.25) is 9.69 Å². The topological polar surface area (TPSA) is 41.4 Å². The quantitative estimate of drug-likeness (QED) is 0.801. The van der Waals surface area contributed by atoms with E-state index < -0.39 is 0 Å². The second-order valence-corrected chi connectivity index (χ2v) is 9.55. The molecule has 2 aromatic rings. The number of hydrogen-bond donors (Lipinski definition) is 0. The third kappa shape index (κ3) is 3.10. The van der Waals surface area contributed by atoms with Crippen molar-refractivity contribution in [3.05, 3.63) is 54.6 Å². The minimum atomic E-state index is 0.202. The first kappa shape index (κ1) is 18.9. The number of imidazole rings is 1. The molecule has 2 aliphatic heterocycles. The monoisotopic (exact) mass is 392 g/mol. The van der Waals surface area contributed by atoms with Gasteiger partial charge in [0.2, 0.25) is 5.91 Å². The van der Waals surface area contributed by atoms with Gasteiger partial charge in [0.05, 0.1) is 6.33 Å². The molecule has 0 spiro atoms. The molecule has 0 unspecified atom stereocenters. The Balaban J connectivity index is 1.50. The van der Waals surface area contributed by atoms with Gasteiger partial charge in [-0.15, -0.1) is 0 Å². The molecule has 1 saturated carbocycles. The molecule has 0 N–H and O–H groups in total. The van der Waals surface area contributed by atoms with E-state index >= 15 is 0 Å². The Bertz CT molecular complexity index is 851. The average molecular weight is 393 g/mol. The van der Waals surface area contributed by atoms with E-state index in [0.29, 0.717) is 30.7 Å². The number of carbonyl (C=O) groups excluding carboxylic acids is 1. The van der Waals surface area contributed by atoms with Crippen LogP contribution in [0.1, 0.15) is 44.6 Å². The predicted octanol–water partition coefficient (Wildman–Crippen LogP) is 3.36. The summed E-state index contributed by atoms with van der Waals surface area (Å²) in [5.41, 5.74) is 1.57. The van der Waals surface area contributed by atoms with Gasteiger partial charge in [-0.25, -0.2) is 4.98 Å². The van der Waals surface area contributed by atoms with Crippen molar-refractivity contribution in [3.63, 3.8) is 0 Å². The fourth-order valence-electron chi connectivity index (χ4n) is 6.67. The van der Waals surface area contributed by atoms with Gasteiger partial charge in [0, 0.05) is 42.0 Å². The van der Waals surface area contributed by atoms with Crippen LogP contribution in [0.15, 0.2) is 49.1 Å².